The van der Waals surface area contributed by atoms with Crippen LogP contribution in [0.1, 0.15) is 34.1 Å². The lowest BCUT2D eigenvalue weighted by atomic mass is 9.92. The van der Waals surface area contributed by atoms with Crippen molar-refractivity contribution in [2.45, 2.75) is 38.9 Å². The lowest BCUT2D eigenvalue weighted by Crippen LogP contribution is -2.47. The molecule has 1 heterocycles. The monoisotopic (exact) mass is 261 g/mol. The van der Waals surface area contributed by atoms with Gasteiger partial charge >= 0.3 is 0 Å². The van der Waals surface area contributed by atoms with Crippen molar-refractivity contribution in [3.63, 3.8) is 0 Å². The van der Waals surface area contributed by atoms with E-state index in [1.54, 1.807) is 0 Å². The first kappa shape index (κ1) is 12.0. The van der Waals surface area contributed by atoms with E-state index in [1.807, 2.05) is 25.7 Å². The molecular formula is C11H20BrNO. The second-order valence-electron chi connectivity index (χ2n) is 5.28. The molecule has 1 fully saturated rings. The van der Waals surface area contributed by atoms with Crippen LogP contribution in [0, 0.1) is 11.3 Å². The van der Waals surface area contributed by atoms with Crippen LogP contribution in [0.25, 0.3) is 0 Å². The van der Waals surface area contributed by atoms with E-state index in [0.717, 1.165) is 19.5 Å². The highest BCUT2D eigenvalue weighted by Gasteiger charge is 2.32. The number of likely N-dealkylation sites (tertiary alicyclic amines) is 1. The molecule has 2 unspecified atom stereocenters. The average Bonchev–Trinajstić information content (AvgIpc) is 2.07. The fourth-order valence-corrected chi connectivity index (χ4v) is 2.15. The number of hydrogen-bond acceptors (Lipinski definition) is 1. The van der Waals surface area contributed by atoms with Crippen molar-refractivity contribution in [2.75, 3.05) is 13.1 Å². The van der Waals surface area contributed by atoms with E-state index in [1.165, 1.54) is 0 Å². The first-order chi connectivity index (χ1) is 6.32. The Morgan fingerprint density at radius 1 is 1.43 bits per heavy atom. The molecule has 2 nitrogen and oxygen atoms in total. The second-order valence-corrected chi connectivity index (χ2v) is 6.46. The summed E-state index contributed by atoms with van der Waals surface area (Å²) in [5, 5.41) is 0. The minimum absolute atomic E-state index is 0.237. The Balaban J connectivity index is 2.59. The van der Waals surface area contributed by atoms with E-state index < -0.39 is 0 Å². The topological polar surface area (TPSA) is 20.3 Å². The third-order valence-electron chi connectivity index (χ3n) is 2.73. The Morgan fingerprint density at radius 3 is 2.43 bits per heavy atom. The second kappa shape index (κ2) is 4.21. The van der Waals surface area contributed by atoms with Crippen LogP contribution < -0.4 is 0 Å². The minimum atomic E-state index is -0.237. The Hall–Kier alpha value is -0.0500. The highest BCUT2D eigenvalue weighted by Crippen LogP contribution is 2.26. The molecule has 1 aliphatic rings. The lowest BCUT2D eigenvalue weighted by molar-refractivity contribution is -0.141. The summed E-state index contributed by atoms with van der Waals surface area (Å²) in [6.07, 6.45) is 1.07. The number of carbonyl (C=O) groups excluding carboxylic acids is 1. The van der Waals surface area contributed by atoms with Crippen molar-refractivity contribution < 1.29 is 4.79 Å². The van der Waals surface area contributed by atoms with Gasteiger partial charge in [0.25, 0.3) is 0 Å². The van der Waals surface area contributed by atoms with Gasteiger partial charge in [-0.15, -0.1) is 0 Å². The number of hydrogen-bond donors (Lipinski definition) is 0. The van der Waals surface area contributed by atoms with Crippen LogP contribution >= 0.6 is 15.9 Å². The zero-order valence-electron chi connectivity index (χ0n) is 9.51. The summed E-state index contributed by atoms with van der Waals surface area (Å²) < 4.78 is 0. The normalized spacial score (nSPS) is 29.1. The molecule has 0 N–H and O–H groups in total. The molecule has 1 amide bonds. The predicted molar refractivity (Wildman–Crippen MR) is 62.5 cm³/mol. The lowest BCUT2D eigenvalue weighted by Gasteiger charge is -2.37. The SMILES string of the molecule is CC1CN(C(=O)C(C)(C)C)CCC1Br. The molecule has 2 atom stereocenters. The van der Waals surface area contributed by atoms with Gasteiger partial charge < -0.3 is 4.90 Å². The maximum atomic E-state index is 12.0. The smallest absolute Gasteiger partial charge is 0.227 e. The van der Waals surface area contributed by atoms with Crippen molar-refractivity contribution in [3.05, 3.63) is 0 Å². The Morgan fingerprint density at radius 2 is 2.00 bits per heavy atom. The highest BCUT2D eigenvalue weighted by atomic mass is 79.9. The summed E-state index contributed by atoms with van der Waals surface area (Å²) in [7, 11) is 0. The van der Waals surface area contributed by atoms with Gasteiger partial charge in [0.05, 0.1) is 0 Å². The fourth-order valence-electron chi connectivity index (χ4n) is 1.78. The van der Waals surface area contributed by atoms with E-state index in [2.05, 4.69) is 22.9 Å². The zero-order valence-corrected chi connectivity index (χ0v) is 11.1. The third-order valence-corrected chi connectivity index (χ3v) is 4.09. The van der Waals surface area contributed by atoms with Crippen molar-refractivity contribution in [1.29, 1.82) is 0 Å². The van der Waals surface area contributed by atoms with E-state index in [9.17, 15) is 4.79 Å². The molecule has 0 aromatic rings. The summed E-state index contributed by atoms with van der Waals surface area (Å²) in [4.78, 5) is 14.6. The van der Waals surface area contributed by atoms with Crippen molar-refractivity contribution >= 4 is 21.8 Å². The van der Waals surface area contributed by atoms with Gasteiger partial charge in [-0.05, 0) is 12.3 Å². The molecule has 0 saturated carbocycles. The standard InChI is InChI=1S/C11H20BrNO/c1-8-7-13(6-5-9(8)12)10(14)11(2,3)4/h8-9H,5-7H2,1-4H3. The summed E-state index contributed by atoms with van der Waals surface area (Å²) in [5.41, 5.74) is -0.237. The van der Waals surface area contributed by atoms with Gasteiger partial charge in [-0.25, -0.2) is 0 Å². The number of amides is 1. The first-order valence-corrected chi connectivity index (χ1v) is 6.17. The van der Waals surface area contributed by atoms with E-state index >= 15 is 0 Å². The number of nitrogens with zero attached hydrogens (tertiary/aromatic N) is 1. The molecule has 0 spiro atoms. The molecule has 1 rings (SSSR count). The molecule has 82 valence electrons. The van der Waals surface area contributed by atoms with E-state index in [-0.39, 0.29) is 11.3 Å². The van der Waals surface area contributed by atoms with Crippen LogP contribution in [-0.2, 0) is 4.79 Å². The van der Waals surface area contributed by atoms with Gasteiger partial charge in [0.1, 0.15) is 0 Å². The summed E-state index contributed by atoms with van der Waals surface area (Å²) in [5.74, 6) is 0.846. The molecule has 0 aliphatic carbocycles. The Kier molecular flexibility index (Phi) is 3.62. The van der Waals surface area contributed by atoms with Gasteiger partial charge in [-0.1, -0.05) is 43.6 Å². The number of halogens is 1. The molecule has 0 aromatic heterocycles. The predicted octanol–water partition coefficient (Wildman–Crippen LogP) is 2.66. The highest BCUT2D eigenvalue weighted by molar-refractivity contribution is 9.09. The Bertz CT molecular complexity index is 222. The molecule has 14 heavy (non-hydrogen) atoms. The van der Waals surface area contributed by atoms with Gasteiger partial charge in [0.2, 0.25) is 5.91 Å². The van der Waals surface area contributed by atoms with Crippen molar-refractivity contribution in [2.24, 2.45) is 11.3 Å². The van der Waals surface area contributed by atoms with Gasteiger partial charge in [-0.3, -0.25) is 4.79 Å². The third kappa shape index (κ3) is 2.72. The molecule has 0 radical (unpaired) electrons. The van der Waals surface area contributed by atoms with Gasteiger partial charge in [-0.2, -0.15) is 0 Å². The van der Waals surface area contributed by atoms with Crippen LogP contribution in [0.5, 0.6) is 0 Å². The fraction of sp³-hybridized carbons (Fsp3) is 0.909. The first-order valence-electron chi connectivity index (χ1n) is 5.26. The number of rotatable bonds is 0. The van der Waals surface area contributed by atoms with Crippen LogP contribution in [0.2, 0.25) is 0 Å². The van der Waals surface area contributed by atoms with Crippen LogP contribution in [0.15, 0.2) is 0 Å². The largest absolute Gasteiger partial charge is 0.342 e. The molecule has 0 bridgehead atoms. The quantitative estimate of drug-likeness (QED) is 0.614. The maximum absolute atomic E-state index is 12.0. The average molecular weight is 262 g/mol. The number of alkyl halides is 1. The summed E-state index contributed by atoms with van der Waals surface area (Å²) >= 11 is 3.64. The van der Waals surface area contributed by atoms with Crippen molar-refractivity contribution in [1.82, 2.24) is 4.90 Å². The minimum Gasteiger partial charge on any atom is -0.342 e. The molecule has 0 aromatic carbocycles. The van der Waals surface area contributed by atoms with Gasteiger partial charge in [0.15, 0.2) is 0 Å². The van der Waals surface area contributed by atoms with Crippen molar-refractivity contribution in [3.8, 4) is 0 Å². The summed E-state index contributed by atoms with van der Waals surface area (Å²) in [6.45, 7) is 9.95. The van der Waals surface area contributed by atoms with Crippen LogP contribution in [0.4, 0.5) is 0 Å². The molecule has 1 saturated heterocycles. The Labute approximate surface area is 95.2 Å². The van der Waals surface area contributed by atoms with Gasteiger partial charge in [0, 0.05) is 23.3 Å². The summed E-state index contributed by atoms with van der Waals surface area (Å²) in [6, 6.07) is 0. The van der Waals surface area contributed by atoms with Crippen LogP contribution in [-0.4, -0.2) is 28.7 Å². The van der Waals surface area contributed by atoms with Crippen LogP contribution in [0.3, 0.4) is 0 Å². The molecule has 1 aliphatic heterocycles. The molecule has 3 heteroatoms. The molecular weight excluding hydrogens is 242 g/mol. The number of carbonyl (C=O) groups is 1. The zero-order chi connectivity index (χ0) is 10.9. The van der Waals surface area contributed by atoms with E-state index in [0.29, 0.717) is 10.7 Å². The van der Waals surface area contributed by atoms with E-state index in [4.69, 9.17) is 0 Å². The number of piperidine rings is 1. The maximum Gasteiger partial charge on any atom is 0.227 e.